The number of amides is 1. The van der Waals surface area contributed by atoms with E-state index < -0.39 is 0 Å². The van der Waals surface area contributed by atoms with Gasteiger partial charge in [0.25, 0.3) is 0 Å². The number of rotatable bonds is 8. The maximum atomic E-state index is 13.9. The molecule has 1 atom stereocenters. The van der Waals surface area contributed by atoms with E-state index in [0.29, 0.717) is 24.9 Å². The molecular weight excluding hydrogens is 363 g/mol. The quantitative estimate of drug-likeness (QED) is 0.633. The number of carbonyl (C=O) groups excluding carboxylic acids is 1. The molecule has 0 aromatic heterocycles. The highest BCUT2D eigenvalue weighted by molar-refractivity contribution is 5.75. The van der Waals surface area contributed by atoms with Gasteiger partial charge < -0.3 is 9.80 Å². The van der Waals surface area contributed by atoms with Crippen LogP contribution in [0, 0.1) is 11.7 Å². The number of halogens is 1. The Hall–Kier alpha value is -2.20. The van der Waals surface area contributed by atoms with Crippen molar-refractivity contribution in [1.82, 2.24) is 9.80 Å². The molecule has 2 aromatic rings. The first-order valence-electron chi connectivity index (χ1n) is 10.8. The molecule has 1 unspecified atom stereocenters. The first kappa shape index (κ1) is 21.5. The van der Waals surface area contributed by atoms with Gasteiger partial charge in [-0.25, -0.2) is 4.39 Å². The fourth-order valence-corrected chi connectivity index (χ4v) is 4.26. The number of likely N-dealkylation sites (tertiary alicyclic amines) is 1. The monoisotopic (exact) mass is 396 g/mol. The highest BCUT2D eigenvalue weighted by Gasteiger charge is 2.24. The second-order valence-electron chi connectivity index (χ2n) is 8.40. The number of piperidine rings is 1. The largest absolute Gasteiger partial charge is 0.341 e. The molecule has 0 bridgehead atoms. The molecule has 0 saturated carbocycles. The smallest absolute Gasteiger partial charge is 0.222 e. The molecule has 1 aliphatic heterocycles. The molecule has 3 nitrogen and oxygen atoms in total. The summed E-state index contributed by atoms with van der Waals surface area (Å²) in [5.74, 6) is 0.734. The predicted octanol–water partition coefficient (Wildman–Crippen LogP) is 4.91. The van der Waals surface area contributed by atoms with E-state index in [1.807, 2.05) is 42.3 Å². The second kappa shape index (κ2) is 10.5. The topological polar surface area (TPSA) is 23.6 Å². The lowest BCUT2D eigenvalue weighted by Gasteiger charge is -2.36. The van der Waals surface area contributed by atoms with E-state index in [4.69, 9.17) is 0 Å². The molecule has 0 spiro atoms. The Bertz CT molecular complexity index is 771. The van der Waals surface area contributed by atoms with Crippen molar-refractivity contribution in [3.63, 3.8) is 0 Å². The van der Waals surface area contributed by atoms with Gasteiger partial charge >= 0.3 is 0 Å². The second-order valence-corrected chi connectivity index (χ2v) is 8.40. The summed E-state index contributed by atoms with van der Waals surface area (Å²) >= 11 is 0. The third-order valence-electron chi connectivity index (χ3n) is 6.20. The SMILES string of the molecule is CC(Cc1ccccc1F)N1CCC(CCC(=O)N(C)Cc2ccccc2)CC1. The van der Waals surface area contributed by atoms with Crippen LogP contribution in [-0.4, -0.2) is 41.9 Å². The molecule has 1 saturated heterocycles. The Balaban J connectivity index is 1.38. The van der Waals surface area contributed by atoms with Crippen molar-refractivity contribution in [3.8, 4) is 0 Å². The lowest BCUT2D eigenvalue weighted by Crippen LogP contribution is -2.41. The number of nitrogens with zero attached hydrogens (tertiary/aromatic N) is 2. The van der Waals surface area contributed by atoms with Crippen LogP contribution >= 0.6 is 0 Å². The lowest BCUT2D eigenvalue weighted by molar-refractivity contribution is -0.130. The highest BCUT2D eigenvalue weighted by atomic mass is 19.1. The summed E-state index contributed by atoms with van der Waals surface area (Å²) in [5.41, 5.74) is 1.97. The molecule has 4 heteroatoms. The zero-order valence-electron chi connectivity index (χ0n) is 17.7. The van der Waals surface area contributed by atoms with Crippen molar-refractivity contribution in [2.24, 2.45) is 5.92 Å². The van der Waals surface area contributed by atoms with E-state index in [9.17, 15) is 9.18 Å². The van der Waals surface area contributed by atoms with Crippen LogP contribution in [-0.2, 0) is 17.8 Å². The summed E-state index contributed by atoms with van der Waals surface area (Å²) < 4.78 is 13.9. The van der Waals surface area contributed by atoms with Crippen LogP contribution in [0.4, 0.5) is 4.39 Å². The Labute approximate surface area is 174 Å². The fourth-order valence-electron chi connectivity index (χ4n) is 4.26. The van der Waals surface area contributed by atoms with Crippen LogP contribution in [0.15, 0.2) is 54.6 Å². The Kier molecular flexibility index (Phi) is 7.82. The molecule has 1 aliphatic rings. The van der Waals surface area contributed by atoms with Crippen molar-refractivity contribution < 1.29 is 9.18 Å². The summed E-state index contributed by atoms with van der Waals surface area (Å²) in [4.78, 5) is 16.8. The van der Waals surface area contributed by atoms with E-state index in [-0.39, 0.29) is 11.7 Å². The number of hydrogen-bond donors (Lipinski definition) is 0. The first-order valence-corrected chi connectivity index (χ1v) is 10.8. The van der Waals surface area contributed by atoms with Gasteiger partial charge in [0, 0.05) is 26.1 Å². The summed E-state index contributed by atoms with van der Waals surface area (Å²) in [6.45, 7) is 4.93. The van der Waals surface area contributed by atoms with E-state index in [1.165, 1.54) is 5.56 Å². The van der Waals surface area contributed by atoms with Gasteiger partial charge in [0.15, 0.2) is 0 Å². The maximum Gasteiger partial charge on any atom is 0.222 e. The van der Waals surface area contributed by atoms with Crippen molar-refractivity contribution >= 4 is 5.91 Å². The van der Waals surface area contributed by atoms with Gasteiger partial charge in [-0.3, -0.25) is 4.79 Å². The van der Waals surface area contributed by atoms with Crippen molar-refractivity contribution in [1.29, 1.82) is 0 Å². The standard InChI is InChI=1S/C25H33FN2O/c1-20(18-23-10-6-7-11-24(23)26)28-16-14-21(15-17-28)12-13-25(29)27(2)19-22-8-4-3-5-9-22/h3-11,20-21H,12-19H2,1-2H3. The molecule has 0 aliphatic carbocycles. The minimum Gasteiger partial charge on any atom is -0.341 e. The maximum absolute atomic E-state index is 13.9. The van der Waals surface area contributed by atoms with Gasteiger partial charge in [0.05, 0.1) is 0 Å². The molecule has 1 amide bonds. The zero-order valence-corrected chi connectivity index (χ0v) is 17.7. The lowest BCUT2D eigenvalue weighted by atomic mass is 9.90. The molecule has 2 aromatic carbocycles. The van der Waals surface area contributed by atoms with Crippen LogP contribution in [0.5, 0.6) is 0 Å². The van der Waals surface area contributed by atoms with Crippen molar-refractivity contribution in [3.05, 3.63) is 71.5 Å². The first-order chi connectivity index (χ1) is 14.0. The summed E-state index contributed by atoms with van der Waals surface area (Å²) in [7, 11) is 1.89. The van der Waals surface area contributed by atoms with E-state index >= 15 is 0 Å². The van der Waals surface area contributed by atoms with Crippen LogP contribution in [0.1, 0.15) is 43.7 Å². The van der Waals surface area contributed by atoms with Gasteiger partial charge in [-0.1, -0.05) is 48.5 Å². The van der Waals surface area contributed by atoms with E-state index in [1.54, 1.807) is 12.1 Å². The average Bonchev–Trinajstić information content (AvgIpc) is 2.74. The minimum atomic E-state index is -0.104. The molecule has 3 rings (SSSR count). The van der Waals surface area contributed by atoms with Gasteiger partial charge in [-0.15, -0.1) is 0 Å². The van der Waals surface area contributed by atoms with Crippen molar-refractivity contribution in [2.75, 3.05) is 20.1 Å². The molecule has 1 fully saturated rings. The fraction of sp³-hybridized carbons (Fsp3) is 0.480. The average molecular weight is 397 g/mol. The molecule has 156 valence electrons. The minimum absolute atomic E-state index is 0.104. The third-order valence-corrected chi connectivity index (χ3v) is 6.20. The Morgan fingerprint density at radius 2 is 1.76 bits per heavy atom. The zero-order chi connectivity index (χ0) is 20.6. The molecule has 1 heterocycles. The molecule has 0 N–H and O–H groups in total. The van der Waals surface area contributed by atoms with E-state index in [0.717, 1.165) is 44.3 Å². The normalized spacial score (nSPS) is 16.5. The van der Waals surface area contributed by atoms with Gasteiger partial charge in [0.1, 0.15) is 5.82 Å². The molecule has 0 radical (unpaired) electrons. The summed E-state index contributed by atoms with van der Waals surface area (Å²) in [6.07, 6.45) is 4.58. The van der Waals surface area contributed by atoms with Gasteiger partial charge in [-0.2, -0.15) is 0 Å². The van der Waals surface area contributed by atoms with Gasteiger partial charge in [-0.05, 0) is 68.8 Å². The molecular formula is C25H33FN2O. The third kappa shape index (κ3) is 6.40. The van der Waals surface area contributed by atoms with Crippen LogP contribution in [0.3, 0.4) is 0 Å². The Morgan fingerprint density at radius 1 is 1.10 bits per heavy atom. The van der Waals surface area contributed by atoms with Crippen LogP contribution in [0.2, 0.25) is 0 Å². The predicted molar refractivity (Wildman–Crippen MR) is 116 cm³/mol. The summed E-state index contributed by atoms with van der Waals surface area (Å²) in [5, 5.41) is 0. The highest BCUT2D eigenvalue weighted by Crippen LogP contribution is 2.25. The van der Waals surface area contributed by atoms with Crippen LogP contribution < -0.4 is 0 Å². The molecule has 29 heavy (non-hydrogen) atoms. The van der Waals surface area contributed by atoms with Gasteiger partial charge in [0.2, 0.25) is 5.91 Å². The number of carbonyl (C=O) groups is 1. The van der Waals surface area contributed by atoms with E-state index in [2.05, 4.69) is 24.0 Å². The van der Waals surface area contributed by atoms with Crippen LogP contribution in [0.25, 0.3) is 0 Å². The Morgan fingerprint density at radius 3 is 2.45 bits per heavy atom. The number of benzene rings is 2. The van der Waals surface area contributed by atoms with Crippen molar-refractivity contribution in [2.45, 2.75) is 51.6 Å². The number of hydrogen-bond acceptors (Lipinski definition) is 2. The summed E-state index contributed by atoms with van der Waals surface area (Å²) in [6, 6.07) is 17.5.